The van der Waals surface area contributed by atoms with Crippen LogP contribution in [0.25, 0.3) is 0 Å². The molecule has 3 nitrogen and oxygen atoms in total. The molecular weight excluding hydrogens is 324 g/mol. The van der Waals surface area contributed by atoms with Gasteiger partial charge in [-0.05, 0) is 78.0 Å². The van der Waals surface area contributed by atoms with Gasteiger partial charge in [0.1, 0.15) is 5.75 Å². The first-order chi connectivity index (χ1) is 12.0. The standard InChI is InChI=1S/C23H32O3/c1-15-9-12-23(5)21(2,3)10-6-11-22(23,4)18(15)14-17-13-16(20(25)26)7-8-19(17)24/h7-8,13,18,24H,1,6,9-12,14H2,2-5H3,(H,25,26)/t18-,22+,23-/m1/s1. The van der Waals surface area contributed by atoms with Crippen molar-refractivity contribution in [3.05, 3.63) is 41.5 Å². The van der Waals surface area contributed by atoms with E-state index in [1.807, 2.05) is 0 Å². The van der Waals surface area contributed by atoms with Crippen LogP contribution in [-0.2, 0) is 6.42 Å². The van der Waals surface area contributed by atoms with E-state index < -0.39 is 5.97 Å². The van der Waals surface area contributed by atoms with Crippen LogP contribution in [0.4, 0.5) is 0 Å². The van der Waals surface area contributed by atoms with E-state index in [2.05, 4.69) is 34.3 Å². The van der Waals surface area contributed by atoms with Gasteiger partial charge in [0.25, 0.3) is 0 Å². The topological polar surface area (TPSA) is 57.5 Å². The molecule has 0 spiro atoms. The first kappa shape index (κ1) is 19.0. The fourth-order valence-corrected chi connectivity index (χ4v) is 5.91. The number of phenolic OH excluding ortho intramolecular Hbond substituents is 1. The van der Waals surface area contributed by atoms with E-state index >= 15 is 0 Å². The summed E-state index contributed by atoms with van der Waals surface area (Å²) in [5.74, 6) is -0.506. The lowest BCUT2D eigenvalue weighted by Gasteiger charge is -2.65. The molecule has 0 aromatic heterocycles. The van der Waals surface area contributed by atoms with Crippen molar-refractivity contribution in [3.63, 3.8) is 0 Å². The molecule has 2 N–H and O–H groups in total. The number of rotatable bonds is 3. The summed E-state index contributed by atoms with van der Waals surface area (Å²) < 4.78 is 0. The minimum Gasteiger partial charge on any atom is -0.508 e. The monoisotopic (exact) mass is 356 g/mol. The lowest BCUT2D eigenvalue weighted by atomic mass is 9.39. The molecule has 1 aromatic carbocycles. The molecule has 0 bridgehead atoms. The Morgan fingerprint density at radius 1 is 1.19 bits per heavy atom. The molecule has 2 fully saturated rings. The van der Waals surface area contributed by atoms with Gasteiger partial charge in [-0.3, -0.25) is 0 Å². The number of aromatic hydroxyl groups is 1. The highest BCUT2D eigenvalue weighted by Gasteiger charge is 2.60. The zero-order valence-corrected chi connectivity index (χ0v) is 16.6. The minimum atomic E-state index is -0.955. The highest BCUT2D eigenvalue weighted by atomic mass is 16.4. The highest BCUT2D eigenvalue weighted by Crippen LogP contribution is 2.68. The van der Waals surface area contributed by atoms with Crippen LogP contribution in [0.15, 0.2) is 30.4 Å². The quantitative estimate of drug-likeness (QED) is 0.671. The molecule has 3 atom stereocenters. The van der Waals surface area contributed by atoms with Crippen molar-refractivity contribution < 1.29 is 15.0 Å². The third kappa shape index (κ3) is 2.67. The molecule has 0 unspecified atom stereocenters. The zero-order chi connectivity index (χ0) is 19.3. The largest absolute Gasteiger partial charge is 0.508 e. The van der Waals surface area contributed by atoms with Gasteiger partial charge in [0.05, 0.1) is 5.56 Å². The van der Waals surface area contributed by atoms with Gasteiger partial charge in [-0.25, -0.2) is 4.79 Å². The normalized spacial score (nSPS) is 33.5. The van der Waals surface area contributed by atoms with E-state index in [0.717, 1.165) is 24.8 Å². The number of aromatic carboxylic acids is 1. The predicted octanol–water partition coefficient (Wildman–Crippen LogP) is 5.82. The summed E-state index contributed by atoms with van der Waals surface area (Å²) in [5.41, 5.74) is 2.80. The lowest BCUT2D eigenvalue weighted by molar-refractivity contribution is -0.135. The van der Waals surface area contributed by atoms with Crippen molar-refractivity contribution >= 4 is 5.97 Å². The Hall–Kier alpha value is -1.77. The van der Waals surface area contributed by atoms with E-state index in [1.165, 1.54) is 30.5 Å². The number of phenols is 1. The Morgan fingerprint density at radius 3 is 2.54 bits per heavy atom. The number of carbonyl (C=O) groups is 1. The second-order valence-corrected chi connectivity index (χ2v) is 9.55. The maximum Gasteiger partial charge on any atom is 0.335 e. The second kappa shape index (κ2) is 6.14. The number of allylic oxidation sites excluding steroid dienone is 1. The summed E-state index contributed by atoms with van der Waals surface area (Å²) in [6.07, 6.45) is 6.46. The van der Waals surface area contributed by atoms with Crippen LogP contribution in [0, 0.1) is 22.2 Å². The molecule has 142 valence electrons. The number of hydrogen-bond acceptors (Lipinski definition) is 2. The molecule has 0 aliphatic heterocycles. The first-order valence-corrected chi connectivity index (χ1v) is 9.75. The average molecular weight is 357 g/mol. The SMILES string of the molecule is C=C1CC[C@]2(C)C(C)(C)CCC[C@@]2(C)[C@@H]1Cc1cc(C(=O)O)ccc1O. The van der Waals surface area contributed by atoms with Crippen LogP contribution >= 0.6 is 0 Å². The van der Waals surface area contributed by atoms with Crippen LogP contribution in [0.1, 0.15) is 75.7 Å². The molecule has 0 saturated heterocycles. The van der Waals surface area contributed by atoms with Gasteiger partial charge in [-0.2, -0.15) is 0 Å². The second-order valence-electron chi connectivity index (χ2n) is 9.55. The molecule has 26 heavy (non-hydrogen) atoms. The van der Waals surface area contributed by atoms with Gasteiger partial charge in [-0.1, -0.05) is 46.3 Å². The maximum absolute atomic E-state index is 11.3. The van der Waals surface area contributed by atoms with Crippen LogP contribution in [0.5, 0.6) is 5.75 Å². The van der Waals surface area contributed by atoms with Crippen molar-refractivity contribution in [1.82, 2.24) is 0 Å². The summed E-state index contributed by atoms with van der Waals surface area (Å²) in [4.78, 5) is 11.3. The molecule has 0 amide bonds. The highest BCUT2D eigenvalue weighted by molar-refractivity contribution is 5.88. The van der Waals surface area contributed by atoms with Crippen molar-refractivity contribution in [2.45, 2.75) is 66.2 Å². The summed E-state index contributed by atoms with van der Waals surface area (Å²) in [6.45, 7) is 14.0. The van der Waals surface area contributed by atoms with Crippen LogP contribution in [0.3, 0.4) is 0 Å². The Kier molecular flexibility index (Phi) is 4.49. The molecule has 0 heterocycles. The summed E-state index contributed by atoms with van der Waals surface area (Å²) >= 11 is 0. The van der Waals surface area contributed by atoms with Crippen LogP contribution in [-0.4, -0.2) is 16.2 Å². The van der Waals surface area contributed by atoms with Gasteiger partial charge in [0, 0.05) is 0 Å². The number of fused-ring (bicyclic) bond motifs is 1. The Morgan fingerprint density at radius 2 is 1.88 bits per heavy atom. The molecule has 2 aliphatic rings. The molecule has 3 heteroatoms. The van der Waals surface area contributed by atoms with Gasteiger partial charge in [0.15, 0.2) is 0 Å². The Bertz CT molecular complexity index is 748. The van der Waals surface area contributed by atoms with Gasteiger partial charge in [0.2, 0.25) is 0 Å². The third-order valence-electron chi connectivity index (χ3n) is 8.21. The van der Waals surface area contributed by atoms with E-state index in [0.29, 0.717) is 6.42 Å². The fourth-order valence-electron chi connectivity index (χ4n) is 5.91. The first-order valence-electron chi connectivity index (χ1n) is 9.75. The lowest BCUT2D eigenvalue weighted by Crippen LogP contribution is -2.57. The van der Waals surface area contributed by atoms with Crippen molar-refractivity contribution in [2.75, 3.05) is 0 Å². The fraction of sp³-hybridized carbons (Fsp3) is 0.609. The van der Waals surface area contributed by atoms with Crippen LogP contribution < -0.4 is 0 Å². The Labute approximate surface area is 157 Å². The zero-order valence-electron chi connectivity index (χ0n) is 16.6. The van der Waals surface area contributed by atoms with Gasteiger partial charge >= 0.3 is 5.97 Å². The molecule has 2 saturated carbocycles. The number of carboxylic acids is 1. The van der Waals surface area contributed by atoms with Crippen molar-refractivity contribution in [3.8, 4) is 5.75 Å². The van der Waals surface area contributed by atoms with E-state index in [-0.39, 0.29) is 33.5 Å². The predicted molar refractivity (Wildman–Crippen MR) is 104 cm³/mol. The Balaban J connectivity index is 2.02. The minimum absolute atomic E-state index is 0.107. The molecule has 0 radical (unpaired) electrons. The summed E-state index contributed by atoms with van der Waals surface area (Å²) in [5, 5.41) is 19.7. The van der Waals surface area contributed by atoms with Crippen LogP contribution in [0.2, 0.25) is 0 Å². The molecular formula is C23H32O3. The maximum atomic E-state index is 11.3. The summed E-state index contributed by atoms with van der Waals surface area (Å²) in [7, 11) is 0. The van der Waals surface area contributed by atoms with Gasteiger partial charge in [-0.15, -0.1) is 0 Å². The number of carboxylic acid groups (broad SMARTS) is 1. The van der Waals surface area contributed by atoms with E-state index in [1.54, 1.807) is 6.07 Å². The third-order valence-corrected chi connectivity index (χ3v) is 8.21. The smallest absolute Gasteiger partial charge is 0.335 e. The molecule has 3 rings (SSSR count). The van der Waals surface area contributed by atoms with Crippen molar-refractivity contribution in [1.29, 1.82) is 0 Å². The van der Waals surface area contributed by atoms with Crippen molar-refractivity contribution in [2.24, 2.45) is 22.2 Å². The van der Waals surface area contributed by atoms with Gasteiger partial charge < -0.3 is 10.2 Å². The average Bonchev–Trinajstić information content (AvgIpc) is 2.55. The molecule has 1 aromatic rings. The van der Waals surface area contributed by atoms with E-state index in [9.17, 15) is 15.0 Å². The number of hydrogen-bond donors (Lipinski definition) is 2. The number of benzene rings is 1. The summed E-state index contributed by atoms with van der Waals surface area (Å²) in [6, 6.07) is 4.61. The van der Waals surface area contributed by atoms with E-state index in [4.69, 9.17) is 0 Å². The molecule has 2 aliphatic carbocycles.